The van der Waals surface area contributed by atoms with E-state index in [2.05, 4.69) is 9.88 Å². The van der Waals surface area contributed by atoms with Crippen LogP contribution < -0.4 is 10.3 Å². The zero-order chi connectivity index (χ0) is 19.6. The Hall–Kier alpha value is -2.57. The highest BCUT2D eigenvalue weighted by atomic mass is 16.6. The van der Waals surface area contributed by atoms with Crippen LogP contribution in [0.4, 0.5) is 10.6 Å². The van der Waals surface area contributed by atoms with Crippen LogP contribution in [0.2, 0.25) is 0 Å². The van der Waals surface area contributed by atoms with Crippen LogP contribution in [-0.2, 0) is 4.74 Å². The summed E-state index contributed by atoms with van der Waals surface area (Å²) < 4.78 is 10.8. The largest absolute Gasteiger partial charge is 0.446 e. The van der Waals surface area contributed by atoms with E-state index in [4.69, 9.17) is 9.15 Å². The second-order valence-corrected chi connectivity index (χ2v) is 8.10. The van der Waals surface area contributed by atoms with Gasteiger partial charge in [-0.05, 0) is 51.7 Å². The molecule has 0 N–H and O–H groups in total. The number of hydrogen-bond acceptors (Lipinski definition) is 6. The Morgan fingerprint density at radius 2 is 2.00 bits per heavy atom. The molecule has 0 bridgehead atoms. The van der Waals surface area contributed by atoms with Crippen molar-refractivity contribution in [1.29, 1.82) is 0 Å². The lowest BCUT2D eigenvalue weighted by molar-refractivity contribution is 0.0186. The number of nitrogens with zero attached hydrogens (tertiary/aromatic N) is 3. The summed E-state index contributed by atoms with van der Waals surface area (Å²) in [7, 11) is 1.98. The number of amides is 1. The van der Waals surface area contributed by atoms with E-state index in [0.717, 1.165) is 25.2 Å². The monoisotopic (exact) mass is 373 g/mol. The zero-order valence-corrected chi connectivity index (χ0v) is 16.4. The van der Waals surface area contributed by atoms with Crippen molar-refractivity contribution in [3.63, 3.8) is 0 Å². The molecule has 1 saturated heterocycles. The average Bonchev–Trinajstić information content (AvgIpc) is 2.61. The van der Waals surface area contributed by atoms with Gasteiger partial charge in [-0.15, -0.1) is 0 Å². The van der Waals surface area contributed by atoms with Crippen LogP contribution in [-0.4, -0.2) is 48.3 Å². The maximum absolute atomic E-state index is 12.2. The smallest absolute Gasteiger partial charge is 0.410 e. The van der Waals surface area contributed by atoms with Gasteiger partial charge in [0.15, 0.2) is 5.43 Å². The van der Waals surface area contributed by atoms with Crippen molar-refractivity contribution in [2.45, 2.75) is 39.2 Å². The van der Waals surface area contributed by atoms with Gasteiger partial charge in [-0.3, -0.25) is 4.79 Å². The Morgan fingerprint density at radius 3 is 2.67 bits per heavy atom. The van der Waals surface area contributed by atoms with Crippen LogP contribution in [0.5, 0.6) is 0 Å². The lowest BCUT2D eigenvalue weighted by Crippen LogP contribution is -2.43. The molecule has 0 aromatic carbocycles. The number of fused-ring (bicyclic) bond motifs is 1. The van der Waals surface area contributed by atoms with Crippen molar-refractivity contribution >= 4 is 23.0 Å². The van der Waals surface area contributed by atoms with E-state index in [1.165, 1.54) is 12.3 Å². The summed E-state index contributed by atoms with van der Waals surface area (Å²) in [5.41, 5.74) is -0.204. The molecule has 0 aliphatic carbocycles. The van der Waals surface area contributed by atoms with Crippen LogP contribution in [0.3, 0.4) is 0 Å². The second-order valence-electron chi connectivity index (χ2n) is 8.10. The third-order valence-corrected chi connectivity index (χ3v) is 4.70. The van der Waals surface area contributed by atoms with Crippen LogP contribution >= 0.6 is 0 Å². The predicted molar refractivity (Wildman–Crippen MR) is 104 cm³/mol. The minimum Gasteiger partial charge on any atom is -0.446 e. The van der Waals surface area contributed by atoms with Gasteiger partial charge < -0.3 is 19.0 Å². The quantitative estimate of drug-likeness (QED) is 0.822. The van der Waals surface area contributed by atoms with E-state index >= 15 is 0 Å². The van der Waals surface area contributed by atoms with Gasteiger partial charge in [0.2, 0.25) is 5.71 Å². The van der Waals surface area contributed by atoms with Gasteiger partial charge in [-0.1, -0.05) is 0 Å². The molecule has 0 unspecified atom stereocenters. The number of hydrogen-bond donors (Lipinski definition) is 0. The van der Waals surface area contributed by atoms with Gasteiger partial charge in [0.1, 0.15) is 11.4 Å². The van der Waals surface area contributed by atoms with Gasteiger partial charge >= 0.3 is 6.09 Å². The van der Waals surface area contributed by atoms with Crippen LogP contribution in [0.1, 0.15) is 33.6 Å². The Labute approximate surface area is 158 Å². The molecule has 2 aromatic heterocycles. The van der Waals surface area contributed by atoms with Crippen molar-refractivity contribution in [3.8, 4) is 0 Å². The number of carbonyl (C=O) groups is 1. The van der Waals surface area contributed by atoms with E-state index < -0.39 is 5.60 Å². The van der Waals surface area contributed by atoms with Crippen molar-refractivity contribution in [3.05, 3.63) is 34.7 Å². The molecule has 27 heavy (non-hydrogen) atoms. The average molecular weight is 373 g/mol. The molecule has 2 aromatic rings. The lowest BCUT2D eigenvalue weighted by atomic mass is 9.96. The molecule has 7 nitrogen and oxygen atoms in total. The summed E-state index contributed by atoms with van der Waals surface area (Å²) in [5.74, 6) is 1.24. The Balaban J connectivity index is 1.57. The number of rotatable bonds is 3. The number of aromatic nitrogens is 1. The van der Waals surface area contributed by atoms with E-state index in [-0.39, 0.29) is 11.5 Å². The number of anilines is 1. The maximum Gasteiger partial charge on any atom is 0.410 e. The summed E-state index contributed by atoms with van der Waals surface area (Å²) in [6, 6.07) is 4.99. The van der Waals surface area contributed by atoms with E-state index in [1.54, 1.807) is 11.0 Å². The number of piperidine rings is 1. The molecule has 3 heterocycles. The number of pyridine rings is 1. The summed E-state index contributed by atoms with van der Waals surface area (Å²) in [6.07, 6.45) is 2.98. The van der Waals surface area contributed by atoms with E-state index in [0.29, 0.717) is 30.1 Å². The van der Waals surface area contributed by atoms with Crippen LogP contribution in [0.15, 0.2) is 33.7 Å². The molecule has 1 aliphatic rings. The number of carbonyl (C=O) groups excluding carboxylic acids is 1. The van der Waals surface area contributed by atoms with E-state index in [1.807, 2.05) is 33.9 Å². The summed E-state index contributed by atoms with van der Waals surface area (Å²) >= 11 is 0. The molecule has 1 fully saturated rings. The van der Waals surface area contributed by atoms with Gasteiger partial charge in [-0.2, -0.15) is 4.98 Å². The normalized spacial score (nSPS) is 15.8. The van der Waals surface area contributed by atoms with Gasteiger partial charge in [0.05, 0.1) is 11.6 Å². The highest BCUT2D eigenvalue weighted by Gasteiger charge is 2.27. The maximum atomic E-state index is 12.2. The summed E-state index contributed by atoms with van der Waals surface area (Å²) in [4.78, 5) is 32.3. The van der Waals surface area contributed by atoms with Crippen LogP contribution in [0, 0.1) is 5.92 Å². The summed E-state index contributed by atoms with van der Waals surface area (Å²) in [6.45, 7) is 7.88. The fourth-order valence-electron chi connectivity index (χ4n) is 3.28. The molecule has 0 spiro atoms. The van der Waals surface area contributed by atoms with Crippen molar-refractivity contribution < 1.29 is 13.9 Å². The van der Waals surface area contributed by atoms with E-state index in [9.17, 15) is 9.59 Å². The van der Waals surface area contributed by atoms with Gasteiger partial charge in [0.25, 0.3) is 0 Å². The first-order valence-corrected chi connectivity index (χ1v) is 9.30. The highest BCUT2D eigenvalue weighted by molar-refractivity contribution is 5.74. The minimum atomic E-state index is -0.467. The molecular formula is C20H27N3O4. The molecule has 3 rings (SSSR count). The third-order valence-electron chi connectivity index (χ3n) is 4.70. The third kappa shape index (κ3) is 4.78. The molecule has 1 amide bonds. The molecule has 146 valence electrons. The van der Waals surface area contributed by atoms with Gasteiger partial charge in [-0.25, -0.2) is 4.79 Å². The Morgan fingerprint density at radius 1 is 1.30 bits per heavy atom. The standard InChI is InChI=1S/C20H27N3O4/c1-20(2,3)27-19(25)23-10-7-14(8-11-23)13-22(4)17-6-5-15-16(24)9-12-26-18(15)21-17/h5-6,9,12,14H,7-8,10-11,13H2,1-4H3. The second kappa shape index (κ2) is 7.58. The number of ether oxygens (including phenoxy) is 1. The molecule has 7 heteroatoms. The lowest BCUT2D eigenvalue weighted by Gasteiger charge is -2.35. The topological polar surface area (TPSA) is 75.9 Å². The molecule has 1 aliphatic heterocycles. The highest BCUT2D eigenvalue weighted by Crippen LogP contribution is 2.22. The fraction of sp³-hybridized carbons (Fsp3) is 0.550. The molecular weight excluding hydrogens is 346 g/mol. The molecule has 0 atom stereocenters. The van der Waals surface area contributed by atoms with Crippen molar-refractivity contribution in [2.75, 3.05) is 31.6 Å². The molecule has 0 radical (unpaired) electrons. The Kier molecular flexibility index (Phi) is 5.39. The van der Waals surface area contributed by atoms with Crippen LogP contribution in [0.25, 0.3) is 11.1 Å². The summed E-state index contributed by atoms with van der Waals surface area (Å²) in [5, 5.41) is 0.486. The number of likely N-dealkylation sites (tertiary alicyclic amines) is 1. The zero-order valence-electron chi connectivity index (χ0n) is 16.4. The van der Waals surface area contributed by atoms with Crippen molar-refractivity contribution in [2.24, 2.45) is 5.92 Å². The van der Waals surface area contributed by atoms with Gasteiger partial charge in [0, 0.05) is 32.7 Å². The molecule has 0 saturated carbocycles. The first-order chi connectivity index (χ1) is 12.7. The fourth-order valence-corrected chi connectivity index (χ4v) is 3.28. The first-order valence-electron chi connectivity index (χ1n) is 9.30. The Bertz CT molecular complexity index is 863. The minimum absolute atomic E-state index is 0.0903. The van der Waals surface area contributed by atoms with Crippen molar-refractivity contribution in [1.82, 2.24) is 9.88 Å². The first kappa shape index (κ1) is 19.2. The SMILES string of the molecule is CN(CC1CCN(C(=O)OC(C)(C)C)CC1)c1ccc2c(=O)ccoc2n1. The predicted octanol–water partition coefficient (Wildman–Crippen LogP) is 3.27.